The van der Waals surface area contributed by atoms with E-state index in [0.717, 1.165) is 11.3 Å². The van der Waals surface area contributed by atoms with Crippen LogP contribution in [0.4, 0.5) is 5.69 Å². The maximum atomic E-state index is 5.81. The van der Waals surface area contributed by atoms with E-state index in [9.17, 15) is 0 Å². The molecule has 0 aromatic carbocycles. The van der Waals surface area contributed by atoms with Crippen LogP contribution in [0.1, 0.15) is 5.56 Å². The van der Waals surface area contributed by atoms with E-state index < -0.39 is 0 Å². The number of pyridine rings is 1. The van der Waals surface area contributed by atoms with Gasteiger partial charge >= 0.3 is 0 Å². The summed E-state index contributed by atoms with van der Waals surface area (Å²) < 4.78 is 10.1. The maximum absolute atomic E-state index is 5.81. The van der Waals surface area contributed by atoms with Crippen molar-refractivity contribution in [2.75, 3.05) is 26.1 Å². The van der Waals surface area contributed by atoms with Crippen LogP contribution >= 0.6 is 11.6 Å². The molecule has 1 heterocycles. The molecular formula is C10H15ClN2O2. The minimum atomic E-state index is -0.263. The lowest BCUT2D eigenvalue weighted by molar-refractivity contribution is -0.0914. The third-order valence-corrected chi connectivity index (χ3v) is 2.41. The molecule has 1 rings (SSSR count). The lowest BCUT2D eigenvalue weighted by Gasteiger charge is -2.15. The third-order valence-electron chi connectivity index (χ3n) is 2.01. The number of aryl methyl sites for hydroxylation is 1. The normalized spacial score (nSPS) is 10.7. The molecule has 0 atom stereocenters. The van der Waals surface area contributed by atoms with Gasteiger partial charge in [-0.25, -0.2) is 4.98 Å². The van der Waals surface area contributed by atoms with Crippen LogP contribution < -0.4 is 5.32 Å². The Morgan fingerprint density at radius 2 is 2.13 bits per heavy atom. The third kappa shape index (κ3) is 3.66. The zero-order valence-corrected chi connectivity index (χ0v) is 9.84. The van der Waals surface area contributed by atoms with Gasteiger partial charge in [0, 0.05) is 14.2 Å². The van der Waals surface area contributed by atoms with Crippen molar-refractivity contribution in [1.29, 1.82) is 0 Å². The topological polar surface area (TPSA) is 43.4 Å². The zero-order chi connectivity index (χ0) is 11.3. The molecule has 0 unspecified atom stereocenters. The van der Waals surface area contributed by atoms with Gasteiger partial charge in [-0.1, -0.05) is 11.6 Å². The molecule has 1 aromatic rings. The molecule has 0 saturated carbocycles. The smallest absolute Gasteiger partial charge is 0.173 e. The van der Waals surface area contributed by atoms with Crippen molar-refractivity contribution in [3.8, 4) is 0 Å². The summed E-state index contributed by atoms with van der Waals surface area (Å²) in [6.45, 7) is 2.47. The number of hydrogen-bond acceptors (Lipinski definition) is 4. The summed E-state index contributed by atoms with van der Waals surface area (Å²) in [5, 5.41) is 3.67. The molecule has 0 fully saturated rings. The van der Waals surface area contributed by atoms with Crippen molar-refractivity contribution in [3.63, 3.8) is 0 Å². The maximum Gasteiger partial charge on any atom is 0.173 e. The lowest BCUT2D eigenvalue weighted by atomic mass is 10.3. The second-order valence-corrected chi connectivity index (χ2v) is 3.47. The predicted octanol–water partition coefficient (Wildman–Crippen LogP) is 2.07. The number of hydrogen-bond donors (Lipinski definition) is 1. The zero-order valence-electron chi connectivity index (χ0n) is 9.08. The van der Waals surface area contributed by atoms with Crippen LogP contribution in [-0.4, -0.2) is 32.0 Å². The lowest BCUT2D eigenvalue weighted by Crippen LogP contribution is -2.23. The van der Waals surface area contributed by atoms with E-state index in [1.165, 1.54) is 0 Å². The molecule has 15 heavy (non-hydrogen) atoms. The Morgan fingerprint density at radius 1 is 1.47 bits per heavy atom. The first kappa shape index (κ1) is 12.2. The molecule has 0 aliphatic carbocycles. The molecule has 0 aliphatic heterocycles. The van der Waals surface area contributed by atoms with Crippen molar-refractivity contribution >= 4 is 17.3 Å². The second kappa shape index (κ2) is 5.90. The molecule has 0 aliphatic rings. The van der Waals surface area contributed by atoms with E-state index in [2.05, 4.69) is 10.3 Å². The average molecular weight is 231 g/mol. The molecular weight excluding hydrogens is 216 g/mol. The summed E-state index contributed by atoms with van der Waals surface area (Å²) in [5.41, 5.74) is 1.84. The number of methoxy groups -OCH3 is 2. The van der Waals surface area contributed by atoms with E-state index in [4.69, 9.17) is 21.1 Å². The minimum Gasteiger partial charge on any atom is -0.379 e. The number of nitrogens with zero attached hydrogens (tertiary/aromatic N) is 1. The highest BCUT2D eigenvalue weighted by Crippen LogP contribution is 2.15. The Morgan fingerprint density at radius 3 is 2.67 bits per heavy atom. The quantitative estimate of drug-likeness (QED) is 0.621. The molecule has 0 amide bonds. The summed E-state index contributed by atoms with van der Waals surface area (Å²) in [7, 11) is 3.20. The van der Waals surface area contributed by atoms with Crippen molar-refractivity contribution in [2.45, 2.75) is 13.2 Å². The van der Waals surface area contributed by atoms with Gasteiger partial charge in [0.15, 0.2) is 6.29 Å². The number of aromatic nitrogens is 1. The average Bonchev–Trinajstić information content (AvgIpc) is 2.24. The van der Waals surface area contributed by atoms with Crippen LogP contribution in [0.3, 0.4) is 0 Å². The Labute approximate surface area is 94.6 Å². The summed E-state index contributed by atoms with van der Waals surface area (Å²) in [6.07, 6.45) is 1.42. The van der Waals surface area contributed by atoms with Gasteiger partial charge in [0.25, 0.3) is 0 Å². The highest BCUT2D eigenvalue weighted by molar-refractivity contribution is 6.30. The summed E-state index contributed by atoms with van der Waals surface area (Å²) >= 11 is 5.81. The number of ether oxygens (including phenoxy) is 2. The van der Waals surface area contributed by atoms with E-state index in [1.807, 2.05) is 13.0 Å². The van der Waals surface area contributed by atoms with E-state index >= 15 is 0 Å². The first-order valence-electron chi connectivity index (χ1n) is 4.59. The van der Waals surface area contributed by atoms with Gasteiger partial charge in [-0.15, -0.1) is 0 Å². The molecule has 0 bridgehead atoms. The van der Waals surface area contributed by atoms with Gasteiger partial charge in [0.05, 0.1) is 18.4 Å². The van der Waals surface area contributed by atoms with Gasteiger partial charge < -0.3 is 14.8 Å². The Bertz CT molecular complexity index is 316. The number of rotatable bonds is 5. The minimum absolute atomic E-state index is 0.263. The van der Waals surface area contributed by atoms with Crippen molar-refractivity contribution in [3.05, 3.63) is 23.0 Å². The molecule has 84 valence electrons. The van der Waals surface area contributed by atoms with Crippen LogP contribution in [0.5, 0.6) is 0 Å². The van der Waals surface area contributed by atoms with Crippen LogP contribution in [0.25, 0.3) is 0 Å². The predicted molar refractivity (Wildman–Crippen MR) is 60.3 cm³/mol. The number of anilines is 1. The van der Waals surface area contributed by atoms with Crippen LogP contribution in [0, 0.1) is 6.92 Å². The first-order valence-corrected chi connectivity index (χ1v) is 4.96. The molecule has 0 spiro atoms. The van der Waals surface area contributed by atoms with E-state index in [1.54, 1.807) is 20.4 Å². The Balaban J connectivity index is 2.54. The van der Waals surface area contributed by atoms with E-state index in [0.29, 0.717) is 11.7 Å². The second-order valence-electron chi connectivity index (χ2n) is 3.11. The molecule has 0 saturated heterocycles. The van der Waals surface area contributed by atoms with Gasteiger partial charge in [0.2, 0.25) is 0 Å². The fraction of sp³-hybridized carbons (Fsp3) is 0.500. The molecule has 1 aromatic heterocycles. The van der Waals surface area contributed by atoms with Crippen molar-refractivity contribution in [1.82, 2.24) is 4.98 Å². The molecule has 5 heteroatoms. The monoisotopic (exact) mass is 230 g/mol. The Kier molecular flexibility index (Phi) is 4.81. The van der Waals surface area contributed by atoms with Crippen LogP contribution in [0.15, 0.2) is 12.3 Å². The van der Waals surface area contributed by atoms with Gasteiger partial charge in [-0.2, -0.15) is 0 Å². The fourth-order valence-electron chi connectivity index (χ4n) is 1.12. The number of nitrogens with one attached hydrogen (secondary N) is 1. The van der Waals surface area contributed by atoms with Gasteiger partial charge in [-0.05, 0) is 18.6 Å². The first-order chi connectivity index (χ1) is 7.17. The fourth-order valence-corrected chi connectivity index (χ4v) is 1.22. The van der Waals surface area contributed by atoms with E-state index in [-0.39, 0.29) is 6.29 Å². The van der Waals surface area contributed by atoms with Gasteiger partial charge in [0.1, 0.15) is 5.15 Å². The van der Waals surface area contributed by atoms with Gasteiger partial charge in [-0.3, -0.25) is 0 Å². The molecule has 0 radical (unpaired) electrons. The highest BCUT2D eigenvalue weighted by atomic mass is 35.5. The highest BCUT2D eigenvalue weighted by Gasteiger charge is 2.05. The summed E-state index contributed by atoms with van der Waals surface area (Å²) in [5.74, 6) is 0. The molecule has 4 nitrogen and oxygen atoms in total. The number of halogens is 1. The SMILES string of the molecule is COC(CNc1cnc(Cl)c(C)c1)OC. The van der Waals surface area contributed by atoms with Crippen molar-refractivity contribution < 1.29 is 9.47 Å². The standard InChI is InChI=1S/C10H15ClN2O2/c1-7-4-8(5-13-10(7)11)12-6-9(14-2)15-3/h4-5,9,12H,6H2,1-3H3. The summed E-state index contributed by atoms with van der Waals surface area (Å²) in [4.78, 5) is 4.03. The van der Waals surface area contributed by atoms with Crippen LogP contribution in [-0.2, 0) is 9.47 Å². The van der Waals surface area contributed by atoms with Crippen molar-refractivity contribution in [2.24, 2.45) is 0 Å². The van der Waals surface area contributed by atoms with Crippen LogP contribution in [0.2, 0.25) is 5.15 Å². The molecule has 1 N–H and O–H groups in total. The summed E-state index contributed by atoms with van der Waals surface area (Å²) in [6, 6.07) is 1.93. The Hall–Kier alpha value is -0.840. The largest absolute Gasteiger partial charge is 0.379 e.